The SMILES string of the molecule is CN(C)c1ncccc1C(=O)Nc1cccc2c1OCC(=O)N2C. The number of likely N-dealkylation sites (N-methyl/N-ethyl adjacent to an activating group) is 1. The molecule has 0 bridgehead atoms. The van der Waals surface area contributed by atoms with Gasteiger partial charge in [-0.25, -0.2) is 4.98 Å². The van der Waals surface area contributed by atoms with Gasteiger partial charge in [0.15, 0.2) is 12.4 Å². The maximum atomic E-state index is 12.7. The number of carbonyl (C=O) groups excluding carboxylic acids is 2. The maximum absolute atomic E-state index is 12.7. The minimum Gasteiger partial charge on any atom is -0.479 e. The van der Waals surface area contributed by atoms with E-state index in [2.05, 4.69) is 10.3 Å². The van der Waals surface area contributed by atoms with E-state index in [9.17, 15) is 9.59 Å². The molecule has 24 heavy (non-hydrogen) atoms. The molecule has 7 heteroatoms. The number of amides is 2. The van der Waals surface area contributed by atoms with Crippen molar-refractivity contribution in [2.24, 2.45) is 0 Å². The molecule has 0 atom stereocenters. The molecule has 124 valence electrons. The van der Waals surface area contributed by atoms with Gasteiger partial charge in [-0.2, -0.15) is 0 Å². The summed E-state index contributed by atoms with van der Waals surface area (Å²) in [6, 6.07) is 8.71. The number of aromatic nitrogens is 1. The van der Waals surface area contributed by atoms with E-state index in [1.54, 1.807) is 48.5 Å². The van der Waals surface area contributed by atoms with E-state index >= 15 is 0 Å². The lowest BCUT2D eigenvalue weighted by molar-refractivity contribution is -0.120. The third kappa shape index (κ3) is 2.76. The van der Waals surface area contributed by atoms with E-state index in [4.69, 9.17) is 4.74 Å². The monoisotopic (exact) mass is 326 g/mol. The normalized spacial score (nSPS) is 13.1. The summed E-state index contributed by atoms with van der Waals surface area (Å²) < 4.78 is 5.52. The van der Waals surface area contributed by atoms with Crippen molar-refractivity contribution in [2.45, 2.75) is 0 Å². The summed E-state index contributed by atoms with van der Waals surface area (Å²) in [6.45, 7) is -0.0494. The van der Waals surface area contributed by atoms with E-state index in [0.29, 0.717) is 28.5 Å². The highest BCUT2D eigenvalue weighted by Crippen LogP contribution is 2.38. The number of hydrogen-bond donors (Lipinski definition) is 1. The van der Waals surface area contributed by atoms with Gasteiger partial charge >= 0.3 is 0 Å². The molecule has 0 saturated heterocycles. The molecule has 1 aromatic carbocycles. The number of nitrogens with one attached hydrogen (secondary N) is 1. The summed E-state index contributed by atoms with van der Waals surface area (Å²) in [5.41, 5.74) is 1.61. The van der Waals surface area contributed by atoms with Gasteiger partial charge in [0.1, 0.15) is 5.82 Å². The maximum Gasteiger partial charge on any atom is 0.264 e. The second kappa shape index (κ2) is 6.19. The van der Waals surface area contributed by atoms with Crippen LogP contribution in [0.2, 0.25) is 0 Å². The number of pyridine rings is 1. The van der Waals surface area contributed by atoms with Crippen molar-refractivity contribution >= 4 is 29.0 Å². The molecule has 0 saturated carbocycles. The Labute approximate surface area is 139 Å². The molecule has 0 fully saturated rings. The number of rotatable bonds is 3. The number of carbonyl (C=O) groups is 2. The predicted molar refractivity (Wildman–Crippen MR) is 91.9 cm³/mol. The lowest BCUT2D eigenvalue weighted by Crippen LogP contribution is -2.35. The summed E-state index contributed by atoms with van der Waals surface area (Å²) in [4.78, 5) is 31.9. The van der Waals surface area contributed by atoms with Gasteiger partial charge in [0, 0.05) is 27.3 Å². The Balaban J connectivity index is 1.93. The molecule has 2 heterocycles. The van der Waals surface area contributed by atoms with Crippen LogP contribution in [0.3, 0.4) is 0 Å². The van der Waals surface area contributed by atoms with Crippen LogP contribution in [-0.2, 0) is 4.79 Å². The van der Waals surface area contributed by atoms with Crippen LogP contribution in [-0.4, -0.2) is 44.5 Å². The Morgan fingerprint density at radius 1 is 1.29 bits per heavy atom. The van der Waals surface area contributed by atoms with Crippen LogP contribution >= 0.6 is 0 Å². The molecule has 7 nitrogen and oxygen atoms in total. The van der Waals surface area contributed by atoms with Crippen LogP contribution in [0.15, 0.2) is 36.5 Å². The minimum absolute atomic E-state index is 0.0494. The van der Waals surface area contributed by atoms with E-state index in [0.717, 1.165) is 0 Å². The molecule has 2 aromatic rings. The van der Waals surface area contributed by atoms with Crippen molar-refractivity contribution in [3.63, 3.8) is 0 Å². The Hall–Kier alpha value is -3.09. The van der Waals surface area contributed by atoms with Gasteiger partial charge in [0.2, 0.25) is 0 Å². The summed E-state index contributed by atoms with van der Waals surface area (Å²) in [5, 5.41) is 2.85. The number of hydrogen-bond acceptors (Lipinski definition) is 5. The number of benzene rings is 1. The molecule has 1 N–H and O–H groups in total. The molecule has 0 radical (unpaired) electrons. The number of para-hydroxylation sites is 1. The van der Waals surface area contributed by atoms with Gasteiger partial charge in [-0.15, -0.1) is 0 Å². The van der Waals surface area contributed by atoms with Crippen LogP contribution in [0.1, 0.15) is 10.4 Å². The quantitative estimate of drug-likeness (QED) is 0.930. The molecular weight excluding hydrogens is 308 g/mol. The molecule has 3 rings (SSSR count). The Kier molecular flexibility index (Phi) is 4.07. The summed E-state index contributed by atoms with van der Waals surface area (Å²) in [7, 11) is 5.33. The number of anilines is 3. The number of fused-ring (bicyclic) bond motifs is 1. The van der Waals surface area contributed by atoms with E-state index in [1.165, 1.54) is 4.90 Å². The first-order valence-electron chi connectivity index (χ1n) is 7.45. The van der Waals surface area contributed by atoms with Crippen LogP contribution in [0.4, 0.5) is 17.2 Å². The first-order valence-corrected chi connectivity index (χ1v) is 7.45. The molecule has 1 aliphatic heterocycles. The predicted octanol–water partition coefficient (Wildman–Crippen LogP) is 1.76. The summed E-state index contributed by atoms with van der Waals surface area (Å²) in [6.07, 6.45) is 1.64. The average molecular weight is 326 g/mol. The minimum atomic E-state index is -0.289. The standard InChI is InChI=1S/C17H18N4O3/c1-20(2)16-11(6-5-9-18-16)17(23)19-12-7-4-8-13-15(12)24-10-14(22)21(13)3/h4-9H,10H2,1-3H3,(H,19,23). The topological polar surface area (TPSA) is 74.8 Å². The van der Waals surface area contributed by atoms with Crippen molar-refractivity contribution in [3.05, 3.63) is 42.1 Å². The van der Waals surface area contributed by atoms with Gasteiger partial charge in [0.25, 0.3) is 11.8 Å². The average Bonchev–Trinajstić information content (AvgIpc) is 2.58. The number of nitrogens with zero attached hydrogens (tertiary/aromatic N) is 3. The molecule has 1 aromatic heterocycles. The smallest absolute Gasteiger partial charge is 0.264 e. The second-order valence-electron chi connectivity index (χ2n) is 5.62. The lowest BCUT2D eigenvalue weighted by atomic mass is 10.2. The zero-order valence-corrected chi connectivity index (χ0v) is 13.7. The summed E-state index contributed by atoms with van der Waals surface area (Å²) >= 11 is 0. The highest BCUT2D eigenvalue weighted by molar-refractivity contribution is 6.09. The van der Waals surface area contributed by atoms with Crippen molar-refractivity contribution in [1.82, 2.24) is 4.98 Å². The lowest BCUT2D eigenvalue weighted by Gasteiger charge is -2.27. The van der Waals surface area contributed by atoms with E-state index in [-0.39, 0.29) is 18.4 Å². The molecule has 1 aliphatic rings. The zero-order chi connectivity index (χ0) is 17.3. The zero-order valence-electron chi connectivity index (χ0n) is 13.7. The van der Waals surface area contributed by atoms with Crippen LogP contribution in [0.5, 0.6) is 5.75 Å². The molecule has 0 unspecified atom stereocenters. The van der Waals surface area contributed by atoms with Crippen molar-refractivity contribution in [1.29, 1.82) is 0 Å². The van der Waals surface area contributed by atoms with Crippen molar-refractivity contribution in [3.8, 4) is 5.75 Å². The van der Waals surface area contributed by atoms with Gasteiger partial charge in [-0.3, -0.25) is 9.59 Å². The second-order valence-corrected chi connectivity index (χ2v) is 5.62. The molecule has 2 amide bonds. The van der Waals surface area contributed by atoms with Gasteiger partial charge in [-0.1, -0.05) is 6.07 Å². The third-order valence-corrected chi connectivity index (χ3v) is 3.77. The van der Waals surface area contributed by atoms with Crippen LogP contribution < -0.4 is 19.9 Å². The van der Waals surface area contributed by atoms with Crippen molar-refractivity contribution < 1.29 is 14.3 Å². The fourth-order valence-electron chi connectivity index (χ4n) is 2.52. The summed E-state index contributed by atoms with van der Waals surface area (Å²) in [5.74, 6) is 0.646. The Morgan fingerprint density at radius 2 is 2.08 bits per heavy atom. The third-order valence-electron chi connectivity index (χ3n) is 3.77. The molecular formula is C17H18N4O3. The molecule has 0 spiro atoms. The van der Waals surface area contributed by atoms with Crippen LogP contribution in [0, 0.1) is 0 Å². The fraction of sp³-hybridized carbons (Fsp3) is 0.235. The highest BCUT2D eigenvalue weighted by Gasteiger charge is 2.25. The van der Waals surface area contributed by atoms with Gasteiger partial charge in [0.05, 0.1) is 16.9 Å². The Bertz CT molecular complexity index is 804. The fourth-order valence-corrected chi connectivity index (χ4v) is 2.52. The van der Waals surface area contributed by atoms with Crippen molar-refractivity contribution in [2.75, 3.05) is 42.9 Å². The first-order chi connectivity index (χ1) is 11.5. The molecule has 0 aliphatic carbocycles. The van der Waals surface area contributed by atoms with E-state index < -0.39 is 0 Å². The van der Waals surface area contributed by atoms with Gasteiger partial charge in [-0.05, 0) is 24.3 Å². The largest absolute Gasteiger partial charge is 0.479 e. The Morgan fingerprint density at radius 3 is 2.83 bits per heavy atom. The highest BCUT2D eigenvalue weighted by atomic mass is 16.5. The van der Waals surface area contributed by atoms with Gasteiger partial charge < -0.3 is 19.9 Å². The van der Waals surface area contributed by atoms with E-state index in [1.807, 2.05) is 14.1 Å². The number of ether oxygens (including phenoxy) is 1. The van der Waals surface area contributed by atoms with Crippen LogP contribution in [0.25, 0.3) is 0 Å². The first kappa shape index (κ1) is 15.8.